The number of carbonyl (C=O) groups is 1. The molecule has 0 aromatic carbocycles. The summed E-state index contributed by atoms with van der Waals surface area (Å²) in [5.74, 6) is 0.0803. The van der Waals surface area contributed by atoms with Crippen molar-refractivity contribution < 1.29 is 4.79 Å². The molecule has 1 aliphatic rings. The molecule has 0 bridgehead atoms. The van der Waals surface area contributed by atoms with Gasteiger partial charge in [0.1, 0.15) is 6.04 Å². The largest absolute Gasteiger partial charge is 0.357 e. The van der Waals surface area contributed by atoms with Crippen LogP contribution in [0, 0.1) is 0 Å². The summed E-state index contributed by atoms with van der Waals surface area (Å²) in [6.45, 7) is 2.80. The van der Waals surface area contributed by atoms with Crippen LogP contribution in [-0.4, -0.2) is 35.4 Å². The van der Waals surface area contributed by atoms with Crippen LogP contribution in [0.3, 0.4) is 0 Å². The van der Waals surface area contributed by atoms with Gasteiger partial charge in [-0.3, -0.25) is 4.79 Å². The zero-order valence-corrected chi connectivity index (χ0v) is 8.28. The fraction of sp³-hybridized carbons (Fsp3) is 0.750. The molecule has 1 N–H and O–H groups in total. The van der Waals surface area contributed by atoms with Gasteiger partial charge in [0.2, 0.25) is 5.91 Å². The second kappa shape index (κ2) is 3.85. The average Bonchev–Trinajstić information content (AvgIpc) is 2.50. The first-order valence-electron chi connectivity index (χ1n) is 4.15. The molecule has 0 spiro atoms. The van der Waals surface area contributed by atoms with Crippen LogP contribution in [0.1, 0.15) is 19.8 Å². The Morgan fingerprint density at radius 2 is 2.33 bits per heavy atom. The molecule has 0 radical (unpaired) electrons. The van der Waals surface area contributed by atoms with Gasteiger partial charge in [0.25, 0.3) is 0 Å². The number of likely N-dealkylation sites (N-methyl/N-ethyl adjacent to an activating group) is 1. The Morgan fingerprint density at radius 1 is 1.67 bits per heavy atom. The van der Waals surface area contributed by atoms with Crippen LogP contribution < -0.4 is 5.32 Å². The average molecular weight is 186 g/mol. The predicted molar refractivity (Wildman–Crippen MR) is 52.1 cm³/mol. The van der Waals surface area contributed by atoms with E-state index in [0.29, 0.717) is 0 Å². The van der Waals surface area contributed by atoms with Crippen LogP contribution in [0.2, 0.25) is 0 Å². The van der Waals surface area contributed by atoms with Crippen LogP contribution in [0.4, 0.5) is 0 Å². The quantitative estimate of drug-likeness (QED) is 0.607. The van der Waals surface area contributed by atoms with Gasteiger partial charge in [-0.25, -0.2) is 0 Å². The molecule has 1 rings (SSSR count). The fourth-order valence-electron chi connectivity index (χ4n) is 1.58. The maximum atomic E-state index is 11.3. The molecular weight excluding hydrogens is 172 g/mol. The van der Waals surface area contributed by atoms with E-state index >= 15 is 0 Å². The molecule has 3 nitrogen and oxygen atoms in total. The van der Waals surface area contributed by atoms with E-state index in [0.717, 1.165) is 24.4 Å². The smallest absolute Gasteiger partial charge is 0.242 e. The first-order chi connectivity index (χ1) is 5.66. The molecule has 12 heavy (non-hydrogen) atoms. The first kappa shape index (κ1) is 9.45. The fourth-order valence-corrected chi connectivity index (χ4v) is 1.80. The first-order valence-corrected chi connectivity index (χ1v) is 4.56. The van der Waals surface area contributed by atoms with Crippen LogP contribution >= 0.6 is 12.2 Å². The van der Waals surface area contributed by atoms with Crippen molar-refractivity contribution in [3.05, 3.63) is 0 Å². The third-order valence-corrected chi connectivity index (χ3v) is 2.44. The van der Waals surface area contributed by atoms with E-state index in [9.17, 15) is 4.79 Å². The van der Waals surface area contributed by atoms with E-state index < -0.39 is 0 Å². The summed E-state index contributed by atoms with van der Waals surface area (Å²) in [5.41, 5.74) is 0. The lowest BCUT2D eigenvalue weighted by Gasteiger charge is -2.23. The summed E-state index contributed by atoms with van der Waals surface area (Å²) in [7, 11) is 1.66. The summed E-state index contributed by atoms with van der Waals surface area (Å²) in [5, 5.41) is 2.65. The van der Waals surface area contributed by atoms with E-state index in [4.69, 9.17) is 12.2 Å². The van der Waals surface area contributed by atoms with Gasteiger partial charge in [0, 0.05) is 13.6 Å². The van der Waals surface area contributed by atoms with Crippen molar-refractivity contribution in [2.45, 2.75) is 25.8 Å². The summed E-state index contributed by atoms with van der Waals surface area (Å²) in [6.07, 6.45) is 1.99. The second-order valence-electron chi connectivity index (χ2n) is 2.98. The summed E-state index contributed by atoms with van der Waals surface area (Å²) in [4.78, 5) is 14.1. The van der Waals surface area contributed by atoms with E-state index in [-0.39, 0.29) is 11.9 Å². The molecule has 1 atom stereocenters. The summed E-state index contributed by atoms with van der Waals surface area (Å²) >= 11 is 5.05. The van der Waals surface area contributed by atoms with Gasteiger partial charge in [0.05, 0.1) is 4.99 Å². The maximum Gasteiger partial charge on any atom is 0.242 e. The topological polar surface area (TPSA) is 32.3 Å². The van der Waals surface area contributed by atoms with Crippen molar-refractivity contribution in [3.8, 4) is 0 Å². The van der Waals surface area contributed by atoms with Crippen molar-refractivity contribution in [2.24, 2.45) is 0 Å². The molecule has 1 fully saturated rings. The number of hydrogen-bond donors (Lipinski definition) is 1. The Labute approximate surface area is 78.1 Å². The Bertz CT molecular complexity index is 205. The number of thiocarbonyl (C=S) groups is 1. The van der Waals surface area contributed by atoms with Crippen molar-refractivity contribution in [3.63, 3.8) is 0 Å². The number of rotatable bonds is 1. The minimum absolute atomic E-state index is 0.0208. The number of carbonyl (C=O) groups excluding carboxylic acids is 1. The summed E-state index contributed by atoms with van der Waals surface area (Å²) in [6, 6.07) is -0.0208. The van der Waals surface area contributed by atoms with Crippen molar-refractivity contribution in [2.75, 3.05) is 13.6 Å². The molecule has 1 heterocycles. The molecule has 1 saturated heterocycles. The molecular formula is C8H14N2OS. The van der Waals surface area contributed by atoms with E-state index in [1.54, 1.807) is 7.05 Å². The lowest BCUT2D eigenvalue weighted by atomic mass is 10.2. The van der Waals surface area contributed by atoms with Crippen LogP contribution in [0.25, 0.3) is 0 Å². The van der Waals surface area contributed by atoms with Gasteiger partial charge in [-0.15, -0.1) is 0 Å². The molecule has 68 valence electrons. The van der Waals surface area contributed by atoms with E-state index in [1.807, 2.05) is 11.8 Å². The third-order valence-electron chi connectivity index (χ3n) is 2.21. The van der Waals surface area contributed by atoms with Crippen LogP contribution in [-0.2, 0) is 4.79 Å². The van der Waals surface area contributed by atoms with Gasteiger partial charge in [-0.05, 0) is 19.8 Å². The Morgan fingerprint density at radius 3 is 2.83 bits per heavy atom. The highest BCUT2D eigenvalue weighted by atomic mass is 32.1. The van der Waals surface area contributed by atoms with E-state index in [1.165, 1.54) is 0 Å². The monoisotopic (exact) mass is 186 g/mol. The van der Waals surface area contributed by atoms with Crippen LogP contribution in [0.15, 0.2) is 0 Å². The highest BCUT2D eigenvalue weighted by Gasteiger charge is 2.29. The van der Waals surface area contributed by atoms with Crippen molar-refractivity contribution in [1.82, 2.24) is 10.2 Å². The normalized spacial score (nSPS) is 22.5. The number of nitrogens with zero attached hydrogens (tertiary/aromatic N) is 1. The maximum absolute atomic E-state index is 11.3. The highest BCUT2D eigenvalue weighted by molar-refractivity contribution is 7.80. The van der Waals surface area contributed by atoms with Crippen LogP contribution in [0.5, 0.6) is 0 Å². The molecule has 0 aliphatic carbocycles. The third kappa shape index (κ3) is 1.75. The van der Waals surface area contributed by atoms with Crippen molar-refractivity contribution in [1.29, 1.82) is 0 Å². The molecule has 0 aromatic heterocycles. The molecule has 0 unspecified atom stereocenters. The summed E-state index contributed by atoms with van der Waals surface area (Å²) < 4.78 is 0. The second-order valence-corrected chi connectivity index (χ2v) is 3.58. The molecule has 1 amide bonds. The van der Waals surface area contributed by atoms with Gasteiger partial charge < -0.3 is 10.2 Å². The van der Waals surface area contributed by atoms with Gasteiger partial charge in [-0.2, -0.15) is 0 Å². The highest BCUT2D eigenvalue weighted by Crippen LogP contribution is 2.17. The number of hydrogen-bond acceptors (Lipinski definition) is 2. The van der Waals surface area contributed by atoms with Gasteiger partial charge in [0.15, 0.2) is 0 Å². The van der Waals surface area contributed by atoms with E-state index in [2.05, 4.69) is 5.32 Å². The Hall–Kier alpha value is -0.640. The van der Waals surface area contributed by atoms with Crippen molar-refractivity contribution >= 4 is 23.1 Å². The Balaban J connectivity index is 2.63. The Kier molecular flexibility index (Phi) is 3.03. The van der Waals surface area contributed by atoms with Gasteiger partial charge >= 0.3 is 0 Å². The van der Waals surface area contributed by atoms with Gasteiger partial charge in [-0.1, -0.05) is 12.2 Å². The molecule has 4 heteroatoms. The number of amides is 1. The molecule has 0 saturated carbocycles. The molecule has 0 aromatic rings. The predicted octanol–water partition coefficient (Wildman–Crippen LogP) is 0.544. The number of nitrogens with one attached hydrogen (secondary N) is 1. The zero-order valence-electron chi connectivity index (χ0n) is 7.46. The SMILES string of the molecule is CNC(=O)[C@@H]1CCCN1C(C)=S. The lowest BCUT2D eigenvalue weighted by molar-refractivity contribution is -0.123. The number of likely N-dealkylation sites (tertiary alicyclic amines) is 1. The zero-order chi connectivity index (χ0) is 9.14. The minimum atomic E-state index is -0.0208. The lowest BCUT2D eigenvalue weighted by Crippen LogP contribution is -2.43. The standard InChI is InChI=1S/C8H14N2OS/c1-6(12)10-5-3-4-7(10)8(11)9-2/h7H,3-5H2,1-2H3,(H,9,11)/t7-/m0/s1. The molecule has 1 aliphatic heterocycles. The minimum Gasteiger partial charge on any atom is -0.357 e.